The Morgan fingerprint density at radius 1 is 1.39 bits per heavy atom. The molecule has 1 aromatic carbocycles. The van der Waals surface area contributed by atoms with Gasteiger partial charge in [-0.3, -0.25) is 4.79 Å². The highest BCUT2D eigenvalue weighted by molar-refractivity contribution is 7.98. The van der Waals surface area contributed by atoms with Crippen molar-refractivity contribution in [1.29, 1.82) is 0 Å². The molecule has 2 rings (SSSR count). The average molecular weight is 264 g/mol. The fourth-order valence-electron chi connectivity index (χ4n) is 2.13. The van der Waals surface area contributed by atoms with Gasteiger partial charge in [0.2, 0.25) is 0 Å². The molecule has 0 saturated heterocycles. The summed E-state index contributed by atoms with van der Waals surface area (Å²) < 4.78 is 0. The van der Waals surface area contributed by atoms with Crippen LogP contribution in [0.2, 0.25) is 0 Å². The Bertz CT molecular complexity index is 426. The molecule has 98 valence electrons. The first-order valence-electron chi connectivity index (χ1n) is 6.20. The molecule has 1 fully saturated rings. The Kier molecular flexibility index (Phi) is 3.97. The van der Waals surface area contributed by atoms with E-state index < -0.39 is 0 Å². The number of thioether (sulfide) groups is 1. The summed E-state index contributed by atoms with van der Waals surface area (Å²) in [4.78, 5) is 15.2. The van der Waals surface area contributed by atoms with Crippen molar-refractivity contribution in [2.45, 2.75) is 17.7 Å². The van der Waals surface area contributed by atoms with Gasteiger partial charge in [-0.25, -0.2) is 0 Å². The number of nitrogens with two attached hydrogens (primary N) is 1. The van der Waals surface area contributed by atoms with Crippen molar-refractivity contribution in [3.05, 3.63) is 29.8 Å². The van der Waals surface area contributed by atoms with Crippen molar-refractivity contribution in [3.63, 3.8) is 0 Å². The molecule has 3 nitrogen and oxygen atoms in total. The molecule has 0 aromatic heterocycles. The Hall–Kier alpha value is -1.00. The van der Waals surface area contributed by atoms with Crippen molar-refractivity contribution >= 4 is 17.7 Å². The maximum absolute atomic E-state index is 12.2. The largest absolute Gasteiger partial charge is 0.341 e. The van der Waals surface area contributed by atoms with Crippen LogP contribution in [0.25, 0.3) is 0 Å². The molecule has 0 heterocycles. The summed E-state index contributed by atoms with van der Waals surface area (Å²) in [5.74, 6) is 0.0855. The summed E-state index contributed by atoms with van der Waals surface area (Å²) in [7, 11) is 1.86. The molecule has 1 aromatic rings. The number of carbonyl (C=O) groups excluding carboxylic acids is 1. The first-order valence-corrected chi connectivity index (χ1v) is 7.42. The summed E-state index contributed by atoms with van der Waals surface area (Å²) >= 11 is 1.68. The van der Waals surface area contributed by atoms with Gasteiger partial charge in [0.1, 0.15) is 0 Å². The maximum atomic E-state index is 12.2. The lowest BCUT2D eigenvalue weighted by atomic mass is 10.1. The standard InChI is InChI=1S/C14H20N2OS/c1-16(10-14(9-15)7-8-14)13(17)11-3-5-12(18-2)6-4-11/h3-6H,7-10,15H2,1-2H3. The Morgan fingerprint density at radius 2 is 2.00 bits per heavy atom. The molecule has 18 heavy (non-hydrogen) atoms. The van der Waals surface area contributed by atoms with Gasteiger partial charge in [0, 0.05) is 29.5 Å². The van der Waals surface area contributed by atoms with Crippen molar-refractivity contribution in [2.75, 3.05) is 26.4 Å². The van der Waals surface area contributed by atoms with Gasteiger partial charge < -0.3 is 10.6 Å². The van der Waals surface area contributed by atoms with E-state index in [1.165, 1.54) is 4.90 Å². The summed E-state index contributed by atoms with van der Waals surface area (Å²) in [6.45, 7) is 1.45. The number of rotatable bonds is 5. The third kappa shape index (κ3) is 2.87. The van der Waals surface area contributed by atoms with Crippen LogP contribution in [0.1, 0.15) is 23.2 Å². The molecule has 0 aliphatic heterocycles. The minimum Gasteiger partial charge on any atom is -0.341 e. The van der Waals surface area contributed by atoms with Crippen LogP contribution in [0.4, 0.5) is 0 Å². The normalized spacial score (nSPS) is 16.4. The van der Waals surface area contributed by atoms with Gasteiger partial charge in [-0.2, -0.15) is 0 Å². The maximum Gasteiger partial charge on any atom is 0.253 e. The van der Waals surface area contributed by atoms with Gasteiger partial charge in [-0.1, -0.05) is 0 Å². The van der Waals surface area contributed by atoms with Gasteiger partial charge in [-0.15, -0.1) is 11.8 Å². The first-order chi connectivity index (χ1) is 8.60. The smallest absolute Gasteiger partial charge is 0.253 e. The molecule has 0 atom stereocenters. The highest BCUT2D eigenvalue weighted by atomic mass is 32.2. The summed E-state index contributed by atoms with van der Waals surface area (Å²) in [5, 5.41) is 0. The zero-order valence-electron chi connectivity index (χ0n) is 11.0. The predicted octanol–water partition coefficient (Wildman–Crippen LogP) is 2.22. The molecule has 1 amide bonds. The van der Waals surface area contributed by atoms with Crippen LogP contribution in [0, 0.1) is 5.41 Å². The molecule has 0 spiro atoms. The van der Waals surface area contributed by atoms with Crippen molar-refractivity contribution in [1.82, 2.24) is 4.90 Å². The topological polar surface area (TPSA) is 46.3 Å². The van der Waals surface area contributed by atoms with Gasteiger partial charge in [0.15, 0.2) is 0 Å². The van der Waals surface area contributed by atoms with Crippen LogP contribution >= 0.6 is 11.8 Å². The van der Waals surface area contributed by atoms with E-state index in [1.54, 1.807) is 16.7 Å². The summed E-state index contributed by atoms with van der Waals surface area (Å²) in [5.41, 5.74) is 6.70. The lowest BCUT2D eigenvalue weighted by Gasteiger charge is -2.23. The molecular formula is C14H20N2OS. The Labute approximate surface area is 113 Å². The second-order valence-corrected chi connectivity index (χ2v) is 5.97. The number of benzene rings is 1. The summed E-state index contributed by atoms with van der Waals surface area (Å²) in [6.07, 6.45) is 4.32. The van der Waals surface area contributed by atoms with Crippen LogP contribution in [-0.4, -0.2) is 37.2 Å². The SMILES string of the molecule is CSc1ccc(C(=O)N(C)CC2(CN)CC2)cc1. The third-order valence-electron chi connectivity index (χ3n) is 3.65. The highest BCUT2D eigenvalue weighted by Gasteiger charge is 2.42. The van der Waals surface area contributed by atoms with Crippen molar-refractivity contribution in [3.8, 4) is 0 Å². The average Bonchev–Trinajstić information content (AvgIpc) is 3.18. The Balaban J connectivity index is 2.01. The van der Waals surface area contributed by atoms with E-state index in [-0.39, 0.29) is 11.3 Å². The van der Waals surface area contributed by atoms with Crippen LogP contribution in [0.15, 0.2) is 29.2 Å². The van der Waals surface area contributed by atoms with Crippen LogP contribution in [0.5, 0.6) is 0 Å². The van der Waals surface area contributed by atoms with E-state index in [2.05, 4.69) is 0 Å². The molecule has 0 radical (unpaired) electrons. The lowest BCUT2D eigenvalue weighted by Crippen LogP contribution is -2.35. The lowest BCUT2D eigenvalue weighted by molar-refractivity contribution is 0.0766. The second-order valence-electron chi connectivity index (χ2n) is 5.09. The number of hydrogen-bond donors (Lipinski definition) is 1. The quantitative estimate of drug-likeness (QED) is 0.830. The zero-order valence-corrected chi connectivity index (χ0v) is 11.8. The van der Waals surface area contributed by atoms with E-state index in [4.69, 9.17) is 5.73 Å². The highest BCUT2D eigenvalue weighted by Crippen LogP contribution is 2.45. The summed E-state index contributed by atoms with van der Waals surface area (Å²) in [6, 6.07) is 7.77. The number of carbonyl (C=O) groups is 1. The monoisotopic (exact) mass is 264 g/mol. The van der Waals surface area contributed by atoms with Crippen LogP contribution < -0.4 is 5.73 Å². The second kappa shape index (κ2) is 5.33. The first kappa shape index (κ1) is 13.4. The molecule has 0 unspecified atom stereocenters. The van der Waals surface area contributed by atoms with E-state index in [0.717, 1.165) is 24.9 Å². The fraction of sp³-hybridized carbons (Fsp3) is 0.500. The van der Waals surface area contributed by atoms with Gasteiger partial charge in [-0.05, 0) is 49.9 Å². The molecule has 1 saturated carbocycles. The van der Waals surface area contributed by atoms with Gasteiger partial charge >= 0.3 is 0 Å². The van der Waals surface area contributed by atoms with Crippen LogP contribution in [0.3, 0.4) is 0 Å². The van der Waals surface area contributed by atoms with E-state index in [0.29, 0.717) is 6.54 Å². The van der Waals surface area contributed by atoms with E-state index in [9.17, 15) is 4.79 Å². The Morgan fingerprint density at radius 3 is 2.44 bits per heavy atom. The van der Waals surface area contributed by atoms with Gasteiger partial charge in [0.25, 0.3) is 5.91 Å². The number of nitrogens with zero attached hydrogens (tertiary/aromatic N) is 1. The number of amides is 1. The van der Waals surface area contributed by atoms with Crippen molar-refractivity contribution in [2.24, 2.45) is 11.1 Å². The van der Waals surface area contributed by atoms with Gasteiger partial charge in [0.05, 0.1) is 0 Å². The van der Waals surface area contributed by atoms with E-state index >= 15 is 0 Å². The molecule has 1 aliphatic carbocycles. The van der Waals surface area contributed by atoms with Crippen LogP contribution in [-0.2, 0) is 0 Å². The van der Waals surface area contributed by atoms with E-state index in [1.807, 2.05) is 37.6 Å². The van der Waals surface area contributed by atoms with Crippen molar-refractivity contribution < 1.29 is 4.79 Å². The predicted molar refractivity (Wildman–Crippen MR) is 75.9 cm³/mol. The molecule has 2 N–H and O–H groups in total. The zero-order chi connectivity index (χ0) is 13.2. The minimum absolute atomic E-state index is 0.0855. The number of hydrogen-bond acceptors (Lipinski definition) is 3. The molecule has 4 heteroatoms. The third-order valence-corrected chi connectivity index (χ3v) is 4.39. The molecule has 1 aliphatic rings. The minimum atomic E-state index is 0.0855. The molecular weight excluding hydrogens is 244 g/mol. The molecule has 0 bridgehead atoms. The fourth-order valence-corrected chi connectivity index (χ4v) is 2.54.